The van der Waals surface area contributed by atoms with Gasteiger partial charge in [0.1, 0.15) is 0 Å². The monoisotopic (exact) mass is 291 g/mol. The molecule has 1 aliphatic heterocycles. The van der Waals surface area contributed by atoms with Gasteiger partial charge in [0.05, 0.1) is 0 Å². The van der Waals surface area contributed by atoms with Crippen molar-refractivity contribution in [3.05, 3.63) is 24.3 Å². The molecule has 1 fully saturated rings. The number of carboxylic acids is 1. The zero-order valence-corrected chi connectivity index (χ0v) is 11.7. The van der Waals surface area contributed by atoms with E-state index >= 15 is 0 Å². The minimum atomic E-state index is -1.51. The van der Waals surface area contributed by atoms with Gasteiger partial charge in [0.2, 0.25) is 5.91 Å². The first-order chi connectivity index (χ1) is 9.97. The third kappa shape index (κ3) is 3.71. The molecule has 112 valence electrons. The van der Waals surface area contributed by atoms with Gasteiger partial charge in [-0.1, -0.05) is 0 Å². The van der Waals surface area contributed by atoms with Crippen LogP contribution >= 0.6 is 0 Å². The number of carboxylic acid groups (broad SMARTS) is 1. The average Bonchev–Trinajstić information content (AvgIpc) is 2.48. The lowest BCUT2D eigenvalue weighted by molar-refractivity contribution is -0.147. The standard InChI is InChI=1S/C14H17N3O4/c1-10(18)16-6-8-17(9-7-16)12-4-2-11(3-5-12)15-13(19)14(20)21/h2-5H,6-9H2,1H3,(H,15,19)(H,20,21). The van der Waals surface area contributed by atoms with Gasteiger partial charge in [-0.2, -0.15) is 0 Å². The molecule has 0 radical (unpaired) electrons. The Morgan fingerprint density at radius 3 is 2.10 bits per heavy atom. The molecule has 0 aliphatic carbocycles. The molecule has 2 rings (SSSR count). The summed E-state index contributed by atoms with van der Waals surface area (Å²) in [5, 5.41) is 10.8. The summed E-state index contributed by atoms with van der Waals surface area (Å²) in [7, 11) is 0. The number of nitrogens with zero attached hydrogens (tertiary/aromatic N) is 2. The summed E-state index contributed by atoms with van der Waals surface area (Å²) in [5.74, 6) is -2.49. The molecule has 21 heavy (non-hydrogen) atoms. The fourth-order valence-electron chi connectivity index (χ4n) is 2.22. The molecular weight excluding hydrogens is 274 g/mol. The Morgan fingerprint density at radius 1 is 1.05 bits per heavy atom. The SMILES string of the molecule is CC(=O)N1CCN(c2ccc(NC(=O)C(=O)O)cc2)CC1. The van der Waals surface area contributed by atoms with Gasteiger partial charge in [-0.25, -0.2) is 4.79 Å². The molecule has 0 saturated carbocycles. The van der Waals surface area contributed by atoms with E-state index in [-0.39, 0.29) is 5.91 Å². The molecule has 0 atom stereocenters. The number of piperazine rings is 1. The van der Waals surface area contributed by atoms with Crippen molar-refractivity contribution in [2.75, 3.05) is 36.4 Å². The number of carbonyl (C=O) groups is 3. The van der Waals surface area contributed by atoms with Gasteiger partial charge in [-0.15, -0.1) is 0 Å². The second-order valence-corrected chi connectivity index (χ2v) is 4.80. The minimum absolute atomic E-state index is 0.0846. The second kappa shape index (κ2) is 6.25. The Kier molecular flexibility index (Phi) is 4.42. The fourth-order valence-corrected chi connectivity index (χ4v) is 2.22. The van der Waals surface area contributed by atoms with E-state index in [9.17, 15) is 14.4 Å². The Hall–Kier alpha value is -2.57. The molecule has 7 nitrogen and oxygen atoms in total. The first-order valence-electron chi connectivity index (χ1n) is 6.62. The first-order valence-corrected chi connectivity index (χ1v) is 6.62. The van der Waals surface area contributed by atoms with Crippen molar-refractivity contribution >= 4 is 29.2 Å². The molecule has 0 bridgehead atoms. The van der Waals surface area contributed by atoms with Gasteiger partial charge < -0.3 is 20.2 Å². The van der Waals surface area contributed by atoms with E-state index in [2.05, 4.69) is 10.2 Å². The predicted octanol–water partition coefficient (Wildman–Crippen LogP) is 0.378. The number of hydrogen-bond acceptors (Lipinski definition) is 4. The highest BCUT2D eigenvalue weighted by Crippen LogP contribution is 2.19. The third-order valence-electron chi connectivity index (χ3n) is 3.41. The molecule has 1 aromatic carbocycles. The summed E-state index contributed by atoms with van der Waals surface area (Å²) in [5.41, 5.74) is 1.42. The average molecular weight is 291 g/mol. The van der Waals surface area contributed by atoms with E-state index in [0.717, 1.165) is 18.8 Å². The van der Waals surface area contributed by atoms with Crippen LogP contribution in [0.25, 0.3) is 0 Å². The Bertz CT molecular complexity index is 548. The highest BCUT2D eigenvalue weighted by molar-refractivity contribution is 6.36. The fraction of sp³-hybridized carbons (Fsp3) is 0.357. The lowest BCUT2D eigenvalue weighted by atomic mass is 10.2. The second-order valence-electron chi connectivity index (χ2n) is 4.80. The van der Waals surface area contributed by atoms with Crippen LogP contribution in [0.1, 0.15) is 6.92 Å². The molecule has 1 saturated heterocycles. The molecule has 0 aromatic heterocycles. The Balaban J connectivity index is 1.95. The molecule has 0 spiro atoms. The van der Waals surface area contributed by atoms with Crippen LogP contribution in [0.15, 0.2) is 24.3 Å². The van der Waals surface area contributed by atoms with Crippen LogP contribution < -0.4 is 10.2 Å². The van der Waals surface area contributed by atoms with Gasteiger partial charge in [0.15, 0.2) is 0 Å². The Morgan fingerprint density at radius 2 is 1.62 bits per heavy atom. The van der Waals surface area contributed by atoms with Crippen molar-refractivity contribution in [1.82, 2.24) is 4.90 Å². The largest absolute Gasteiger partial charge is 0.474 e. The molecule has 2 amide bonds. The van der Waals surface area contributed by atoms with E-state index in [1.54, 1.807) is 24.0 Å². The maximum absolute atomic E-state index is 11.3. The van der Waals surface area contributed by atoms with Crippen LogP contribution in [0.2, 0.25) is 0 Å². The van der Waals surface area contributed by atoms with Crippen molar-refractivity contribution in [1.29, 1.82) is 0 Å². The summed E-state index contributed by atoms with van der Waals surface area (Å²) in [6, 6.07) is 6.96. The highest BCUT2D eigenvalue weighted by atomic mass is 16.4. The molecule has 7 heteroatoms. The van der Waals surface area contributed by atoms with Gasteiger partial charge in [0.25, 0.3) is 0 Å². The summed E-state index contributed by atoms with van der Waals surface area (Å²) in [4.78, 5) is 36.7. The van der Waals surface area contributed by atoms with Crippen LogP contribution in [0, 0.1) is 0 Å². The van der Waals surface area contributed by atoms with Crippen molar-refractivity contribution in [2.45, 2.75) is 6.92 Å². The third-order valence-corrected chi connectivity index (χ3v) is 3.41. The number of anilines is 2. The van der Waals surface area contributed by atoms with Crippen molar-refractivity contribution in [3.8, 4) is 0 Å². The zero-order valence-electron chi connectivity index (χ0n) is 11.7. The van der Waals surface area contributed by atoms with Crippen molar-refractivity contribution in [3.63, 3.8) is 0 Å². The minimum Gasteiger partial charge on any atom is -0.474 e. The van der Waals surface area contributed by atoms with Crippen molar-refractivity contribution < 1.29 is 19.5 Å². The van der Waals surface area contributed by atoms with E-state index in [4.69, 9.17) is 5.11 Å². The number of rotatable bonds is 2. The maximum atomic E-state index is 11.3. The maximum Gasteiger partial charge on any atom is 0.394 e. The lowest BCUT2D eigenvalue weighted by Crippen LogP contribution is -2.48. The number of nitrogens with one attached hydrogen (secondary N) is 1. The number of benzene rings is 1. The van der Waals surface area contributed by atoms with Gasteiger partial charge >= 0.3 is 11.9 Å². The molecule has 2 N–H and O–H groups in total. The normalized spacial score (nSPS) is 14.7. The molecule has 1 aromatic rings. The van der Waals surface area contributed by atoms with Crippen LogP contribution in [-0.2, 0) is 14.4 Å². The number of hydrogen-bond donors (Lipinski definition) is 2. The quantitative estimate of drug-likeness (QED) is 0.769. The number of amides is 2. The van der Waals surface area contributed by atoms with E-state index < -0.39 is 11.9 Å². The predicted molar refractivity (Wildman–Crippen MR) is 77.2 cm³/mol. The molecular formula is C14H17N3O4. The lowest BCUT2D eigenvalue weighted by Gasteiger charge is -2.35. The van der Waals surface area contributed by atoms with E-state index in [1.807, 2.05) is 12.1 Å². The van der Waals surface area contributed by atoms with Gasteiger partial charge in [0, 0.05) is 44.5 Å². The van der Waals surface area contributed by atoms with Crippen LogP contribution in [0.4, 0.5) is 11.4 Å². The molecule has 1 heterocycles. The van der Waals surface area contributed by atoms with Crippen LogP contribution in [0.3, 0.4) is 0 Å². The zero-order chi connectivity index (χ0) is 15.4. The highest BCUT2D eigenvalue weighted by Gasteiger charge is 2.18. The smallest absolute Gasteiger partial charge is 0.394 e. The van der Waals surface area contributed by atoms with Crippen LogP contribution in [0.5, 0.6) is 0 Å². The Labute approximate surface area is 122 Å². The van der Waals surface area contributed by atoms with Crippen molar-refractivity contribution in [2.24, 2.45) is 0 Å². The molecule has 1 aliphatic rings. The number of carbonyl (C=O) groups excluding carboxylic acids is 2. The number of aliphatic carboxylic acids is 1. The molecule has 0 unspecified atom stereocenters. The summed E-state index contributed by atoms with van der Waals surface area (Å²) in [6.45, 7) is 4.44. The first kappa shape index (κ1) is 14.8. The van der Waals surface area contributed by atoms with Gasteiger partial charge in [-0.3, -0.25) is 9.59 Å². The van der Waals surface area contributed by atoms with Gasteiger partial charge in [-0.05, 0) is 24.3 Å². The summed E-state index contributed by atoms with van der Waals surface area (Å²) in [6.07, 6.45) is 0. The van der Waals surface area contributed by atoms with E-state index in [1.165, 1.54) is 0 Å². The van der Waals surface area contributed by atoms with E-state index in [0.29, 0.717) is 18.8 Å². The topological polar surface area (TPSA) is 90.0 Å². The summed E-state index contributed by atoms with van der Waals surface area (Å²) < 4.78 is 0. The van der Waals surface area contributed by atoms with Crippen LogP contribution in [-0.4, -0.2) is 54.0 Å². The summed E-state index contributed by atoms with van der Waals surface area (Å²) >= 11 is 0.